The summed E-state index contributed by atoms with van der Waals surface area (Å²) < 4.78 is 6.23. The first-order chi connectivity index (χ1) is 8.20. The summed E-state index contributed by atoms with van der Waals surface area (Å²) >= 11 is 3.49. The molecule has 0 radical (unpaired) electrons. The lowest BCUT2D eigenvalue weighted by Gasteiger charge is -1.99. The summed E-state index contributed by atoms with van der Waals surface area (Å²) in [7, 11) is 1.90. The zero-order chi connectivity index (χ0) is 12.3. The number of halogens is 1. The molecule has 2 rings (SSSR count). The van der Waals surface area contributed by atoms with E-state index < -0.39 is 0 Å². The molecule has 0 saturated carbocycles. The second kappa shape index (κ2) is 5.42. The third kappa shape index (κ3) is 2.92. The second-order valence-electron chi connectivity index (χ2n) is 3.85. The van der Waals surface area contributed by atoms with E-state index in [1.165, 1.54) is 0 Å². The fourth-order valence-electron chi connectivity index (χ4n) is 1.50. The van der Waals surface area contributed by atoms with Gasteiger partial charge < -0.3 is 9.84 Å². The van der Waals surface area contributed by atoms with Crippen molar-refractivity contribution in [3.8, 4) is 11.5 Å². The molecule has 0 aliphatic heterocycles. The van der Waals surface area contributed by atoms with E-state index in [1.54, 1.807) is 0 Å². The van der Waals surface area contributed by atoms with Gasteiger partial charge in [-0.15, -0.1) is 0 Å². The number of benzene rings is 1. The van der Waals surface area contributed by atoms with Crippen molar-refractivity contribution in [2.45, 2.75) is 13.3 Å². The summed E-state index contributed by atoms with van der Waals surface area (Å²) in [5, 5.41) is 7.01. The van der Waals surface area contributed by atoms with Crippen molar-refractivity contribution in [1.82, 2.24) is 15.5 Å². The number of hydrogen-bond acceptors (Lipinski definition) is 4. The Kier molecular flexibility index (Phi) is 3.91. The smallest absolute Gasteiger partial charge is 0.259 e. The van der Waals surface area contributed by atoms with Crippen LogP contribution in [-0.2, 0) is 6.42 Å². The van der Waals surface area contributed by atoms with Crippen LogP contribution in [0, 0.1) is 6.92 Å². The molecule has 5 heteroatoms. The van der Waals surface area contributed by atoms with Gasteiger partial charge >= 0.3 is 0 Å². The van der Waals surface area contributed by atoms with Crippen LogP contribution in [0.25, 0.3) is 11.5 Å². The minimum absolute atomic E-state index is 0.562. The molecule has 0 aliphatic carbocycles. The fraction of sp³-hybridized carbons (Fsp3) is 0.333. The molecule has 0 atom stereocenters. The van der Waals surface area contributed by atoms with E-state index in [9.17, 15) is 0 Å². The highest BCUT2D eigenvalue weighted by atomic mass is 79.9. The predicted octanol–water partition coefficient (Wildman–Crippen LogP) is 2.57. The molecule has 1 heterocycles. The molecule has 0 amide bonds. The van der Waals surface area contributed by atoms with Gasteiger partial charge in [-0.2, -0.15) is 4.98 Å². The lowest BCUT2D eigenvalue weighted by molar-refractivity contribution is 0.422. The lowest BCUT2D eigenvalue weighted by Crippen LogP contribution is -2.11. The van der Waals surface area contributed by atoms with Crippen molar-refractivity contribution >= 4 is 15.9 Å². The zero-order valence-electron chi connectivity index (χ0n) is 9.83. The molecule has 0 fully saturated rings. The molecule has 17 heavy (non-hydrogen) atoms. The molecule has 0 unspecified atom stereocenters. The average Bonchev–Trinajstić information content (AvgIpc) is 2.78. The number of nitrogens with zero attached hydrogens (tertiary/aromatic N) is 2. The number of aromatic nitrogens is 2. The van der Waals surface area contributed by atoms with E-state index in [1.807, 2.05) is 32.2 Å². The number of rotatable bonds is 4. The van der Waals surface area contributed by atoms with Crippen molar-refractivity contribution in [3.63, 3.8) is 0 Å². The van der Waals surface area contributed by atoms with E-state index in [4.69, 9.17) is 4.52 Å². The van der Waals surface area contributed by atoms with Gasteiger partial charge in [0.05, 0.1) is 5.56 Å². The van der Waals surface area contributed by atoms with Crippen LogP contribution in [0.3, 0.4) is 0 Å². The molecular formula is C12H14BrN3O. The molecule has 0 spiro atoms. The van der Waals surface area contributed by atoms with Gasteiger partial charge in [0, 0.05) is 17.4 Å². The van der Waals surface area contributed by atoms with E-state index in [0.29, 0.717) is 5.89 Å². The predicted molar refractivity (Wildman–Crippen MR) is 69.8 cm³/mol. The van der Waals surface area contributed by atoms with Crippen LogP contribution in [0.4, 0.5) is 0 Å². The quantitative estimate of drug-likeness (QED) is 0.942. The van der Waals surface area contributed by atoms with Crippen LogP contribution in [0.1, 0.15) is 11.4 Å². The highest BCUT2D eigenvalue weighted by molar-refractivity contribution is 9.10. The van der Waals surface area contributed by atoms with Gasteiger partial charge in [-0.3, -0.25) is 0 Å². The van der Waals surface area contributed by atoms with E-state index in [0.717, 1.165) is 34.4 Å². The highest BCUT2D eigenvalue weighted by Gasteiger charge is 2.11. The van der Waals surface area contributed by atoms with Crippen LogP contribution >= 0.6 is 15.9 Å². The fourth-order valence-corrected chi connectivity index (χ4v) is 1.92. The Hall–Kier alpha value is -1.20. The van der Waals surface area contributed by atoms with Crippen LogP contribution in [0.15, 0.2) is 27.2 Å². The molecular weight excluding hydrogens is 282 g/mol. The van der Waals surface area contributed by atoms with Crippen LogP contribution in [0.5, 0.6) is 0 Å². The second-order valence-corrected chi connectivity index (χ2v) is 4.71. The molecule has 90 valence electrons. The topological polar surface area (TPSA) is 51.0 Å². The van der Waals surface area contributed by atoms with Crippen LogP contribution in [-0.4, -0.2) is 23.7 Å². The molecule has 4 nitrogen and oxygen atoms in total. The number of likely N-dealkylation sites (N-methyl/N-ethyl adjacent to an activating group) is 1. The molecule has 1 aromatic heterocycles. The molecule has 0 saturated heterocycles. The van der Waals surface area contributed by atoms with Gasteiger partial charge in [0.1, 0.15) is 0 Å². The first-order valence-electron chi connectivity index (χ1n) is 5.44. The first kappa shape index (κ1) is 12.3. The Bertz CT molecular complexity index is 510. The van der Waals surface area contributed by atoms with Crippen LogP contribution in [0.2, 0.25) is 0 Å². The first-order valence-corrected chi connectivity index (χ1v) is 6.23. The van der Waals surface area contributed by atoms with Gasteiger partial charge in [0.25, 0.3) is 5.89 Å². The standard InChI is InChI=1S/C12H14BrN3O/c1-8-3-4-10(13)9(7-8)12-15-11(16-17-12)5-6-14-2/h3-4,7,14H,5-6H2,1-2H3. The SMILES string of the molecule is CNCCc1noc(-c2cc(C)ccc2Br)n1. The average molecular weight is 296 g/mol. The van der Waals surface area contributed by atoms with Gasteiger partial charge in [0.15, 0.2) is 5.82 Å². The van der Waals surface area contributed by atoms with Crippen molar-refractivity contribution in [3.05, 3.63) is 34.1 Å². The molecule has 2 aromatic rings. The van der Waals surface area contributed by atoms with Crippen molar-refractivity contribution in [2.24, 2.45) is 0 Å². The summed E-state index contributed by atoms with van der Waals surface area (Å²) in [4.78, 5) is 4.37. The maximum absolute atomic E-state index is 5.26. The third-order valence-corrected chi connectivity index (χ3v) is 3.11. The Balaban J connectivity index is 2.27. The molecule has 1 N–H and O–H groups in total. The maximum atomic E-state index is 5.26. The van der Waals surface area contributed by atoms with Gasteiger partial charge in [-0.05, 0) is 42.0 Å². The van der Waals surface area contributed by atoms with Gasteiger partial charge in [-0.1, -0.05) is 16.8 Å². The van der Waals surface area contributed by atoms with Crippen molar-refractivity contribution < 1.29 is 4.52 Å². The van der Waals surface area contributed by atoms with Gasteiger partial charge in [-0.25, -0.2) is 0 Å². The molecule has 0 aliphatic rings. The summed E-state index contributed by atoms with van der Waals surface area (Å²) in [6.07, 6.45) is 0.767. The Morgan fingerprint density at radius 1 is 1.41 bits per heavy atom. The summed E-state index contributed by atoms with van der Waals surface area (Å²) in [5.41, 5.74) is 2.10. The van der Waals surface area contributed by atoms with E-state index >= 15 is 0 Å². The van der Waals surface area contributed by atoms with Crippen LogP contribution < -0.4 is 5.32 Å². The number of hydrogen-bond donors (Lipinski definition) is 1. The Morgan fingerprint density at radius 2 is 2.24 bits per heavy atom. The van der Waals surface area contributed by atoms with E-state index in [2.05, 4.69) is 31.4 Å². The lowest BCUT2D eigenvalue weighted by atomic mass is 10.1. The summed E-state index contributed by atoms with van der Waals surface area (Å²) in [5.74, 6) is 1.29. The minimum Gasteiger partial charge on any atom is -0.334 e. The largest absolute Gasteiger partial charge is 0.334 e. The summed E-state index contributed by atoms with van der Waals surface area (Å²) in [6, 6.07) is 6.05. The van der Waals surface area contributed by atoms with E-state index in [-0.39, 0.29) is 0 Å². The normalized spacial score (nSPS) is 10.8. The number of aryl methyl sites for hydroxylation is 1. The Morgan fingerprint density at radius 3 is 3.00 bits per heavy atom. The monoisotopic (exact) mass is 295 g/mol. The minimum atomic E-state index is 0.562. The zero-order valence-corrected chi connectivity index (χ0v) is 11.4. The van der Waals surface area contributed by atoms with Gasteiger partial charge in [0.2, 0.25) is 0 Å². The molecule has 1 aromatic carbocycles. The maximum Gasteiger partial charge on any atom is 0.259 e. The van der Waals surface area contributed by atoms with Crippen molar-refractivity contribution in [1.29, 1.82) is 0 Å². The number of nitrogens with one attached hydrogen (secondary N) is 1. The molecule has 0 bridgehead atoms. The Labute approximate surface area is 109 Å². The van der Waals surface area contributed by atoms with Crippen molar-refractivity contribution in [2.75, 3.05) is 13.6 Å². The third-order valence-electron chi connectivity index (χ3n) is 2.42. The summed E-state index contributed by atoms with van der Waals surface area (Å²) in [6.45, 7) is 2.88. The highest BCUT2D eigenvalue weighted by Crippen LogP contribution is 2.27.